The number of hydrogen-bond donors (Lipinski definition) is 0. The second-order valence-electron chi connectivity index (χ2n) is 3.60. The lowest BCUT2D eigenvalue weighted by Gasteiger charge is -2.01. The smallest absolute Gasteiger partial charge is 0.340 e. The number of fused-ring (bicyclic) bond motifs is 1. The van der Waals surface area contributed by atoms with Gasteiger partial charge in [-0.25, -0.2) is 4.79 Å². The van der Waals surface area contributed by atoms with Gasteiger partial charge < -0.3 is 9.14 Å². The summed E-state index contributed by atoms with van der Waals surface area (Å²) < 4.78 is 6.77. The average Bonchev–Trinajstić information content (AvgIpc) is 2.55. The Morgan fingerprint density at radius 1 is 1.33 bits per heavy atom. The third-order valence-corrected chi connectivity index (χ3v) is 2.59. The summed E-state index contributed by atoms with van der Waals surface area (Å²) in [7, 11) is 1.40. The fourth-order valence-corrected chi connectivity index (χ4v) is 1.83. The van der Waals surface area contributed by atoms with Crippen LogP contribution < -0.4 is 0 Å². The number of nitrogens with zero attached hydrogens (tertiary/aromatic N) is 1. The summed E-state index contributed by atoms with van der Waals surface area (Å²) in [6.07, 6.45) is 1.96. The van der Waals surface area contributed by atoms with Gasteiger partial charge in [0.15, 0.2) is 0 Å². The predicted octanol–water partition coefficient (Wildman–Crippen LogP) is 2.34. The molecular formula is C12H13NO2. The van der Waals surface area contributed by atoms with Crippen molar-refractivity contribution in [1.82, 2.24) is 4.40 Å². The highest BCUT2D eigenvalue weighted by atomic mass is 16.5. The van der Waals surface area contributed by atoms with E-state index in [0.29, 0.717) is 5.56 Å². The minimum absolute atomic E-state index is 0.277. The summed E-state index contributed by atoms with van der Waals surface area (Å²) in [5, 5.41) is 0. The number of carbonyl (C=O) groups is 1. The molecule has 78 valence electrons. The third kappa shape index (κ3) is 1.40. The zero-order chi connectivity index (χ0) is 11.0. The van der Waals surface area contributed by atoms with Crippen LogP contribution in [0.5, 0.6) is 0 Å². The molecule has 2 rings (SSSR count). The molecule has 0 fully saturated rings. The molecule has 0 aliphatic heterocycles. The molecule has 3 nitrogen and oxygen atoms in total. The Morgan fingerprint density at radius 3 is 2.73 bits per heavy atom. The van der Waals surface area contributed by atoms with Gasteiger partial charge in [-0.3, -0.25) is 0 Å². The summed E-state index contributed by atoms with van der Waals surface area (Å²) in [5.74, 6) is -0.277. The van der Waals surface area contributed by atoms with E-state index in [-0.39, 0.29) is 5.97 Å². The van der Waals surface area contributed by atoms with E-state index in [1.54, 1.807) is 0 Å². The Morgan fingerprint density at radius 2 is 2.07 bits per heavy atom. The predicted molar refractivity (Wildman–Crippen MR) is 58.2 cm³/mol. The topological polar surface area (TPSA) is 30.7 Å². The van der Waals surface area contributed by atoms with E-state index >= 15 is 0 Å². The maximum atomic E-state index is 11.6. The van der Waals surface area contributed by atoms with Gasteiger partial charge in [0.1, 0.15) is 0 Å². The molecule has 2 aromatic rings. The van der Waals surface area contributed by atoms with E-state index in [4.69, 9.17) is 4.74 Å². The summed E-state index contributed by atoms with van der Waals surface area (Å²) in [5.41, 5.74) is 3.60. The Balaban J connectivity index is 2.79. The highest BCUT2D eigenvalue weighted by Crippen LogP contribution is 2.20. The van der Waals surface area contributed by atoms with Crippen LogP contribution in [-0.4, -0.2) is 17.5 Å². The van der Waals surface area contributed by atoms with E-state index < -0.39 is 0 Å². The molecule has 0 saturated carbocycles. The fraction of sp³-hybridized carbons (Fsp3) is 0.250. The van der Waals surface area contributed by atoms with Crippen LogP contribution in [0.25, 0.3) is 5.52 Å². The zero-order valence-electron chi connectivity index (χ0n) is 9.07. The molecule has 0 amide bonds. The molecule has 0 aromatic carbocycles. The minimum Gasteiger partial charge on any atom is -0.465 e. The van der Waals surface area contributed by atoms with Crippen molar-refractivity contribution >= 4 is 11.5 Å². The number of pyridine rings is 1. The van der Waals surface area contributed by atoms with Crippen LogP contribution in [0.2, 0.25) is 0 Å². The van der Waals surface area contributed by atoms with Gasteiger partial charge in [-0.1, -0.05) is 6.07 Å². The molecule has 3 heteroatoms. The van der Waals surface area contributed by atoms with E-state index in [0.717, 1.165) is 16.8 Å². The normalized spacial score (nSPS) is 10.6. The number of esters is 1. The Hall–Kier alpha value is -1.77. The monoisotopic (exact) mass is 203 g/mol. The van der Waals surface area contributed by atoms with Gasteiger partial charge in [0, 0.05) is 11.9 Å². The molecule has 0 unspecified atom stereocenters. The molecule has 2 aromatic heterocycles. The molecular weight excluding hydrogens is 190 g/mol. The lowest BCUT2D eigenvalue weighted by molar-refractivity contribution is 0.0602. The third-order valence-electron chi connectivity index (χ3n) is 2.59. The van der Waals surface area contributed by atoms with Crippen LogP contribution in [0.1, 0.15) is 21.6 Å². The van der Waals surface area contributed by atoms with Crippen LogP contribution in [0.4, 0.5) is 0 Å². The molecule has 15 heavy (non-hydrogen) atoms. The first-order valence-electron chi connectivity index (χ1n) is 4.80. The molecule has 0 N–H and O–H groups in total. The number of rotatable bonds is 1. The molecule has 0 saturated heterocycles. The lowest BCUT2D eigenvalue weighted by atomic mass is 10.2. The number of aryl methyl sites for hydroxylation is 2. The second-order valence-corrected chi connectivity index (χ2v) is 3.60. The molecule has 0 aliphatic rings. The van der Waals surface area contributed by atoms with Crippen LogP contribution in [0.3, 0.4) is 0 Å². The maximum Gasteiger partial charge on any atom is 0.340 e. The number of hydrogen-bond acceptors (Lipinski definition) is 2. The maximum absolute atomic E-state index is 11.6. The van der Waals surface area contributed by atoms with Gasteiger partial charge in [0.25, 0.3) is 0 Å². The molecule has 0 spiro atoms. The zero-order valence-corrected chi connectivity index (χ0v) is 9.07. The highest BCUT2D eigenvalue weighted by molar-refractivity contribution is 5.99. The standard InChI is InChI=1S/C12H13NO2/c1-8-7-13-9(2)5-4-6-10(13)11(8)12(14)15-3/h4-7H,1-3H3. The molecule has 0 atom stereocenters. The van der Waals surface area contributed by atoms with E-state index in [2.05, 4.69) is 0 Å². The van der Waals surface area contributed by atoms with Crippen molar-refractivity contribution in [3.05, 3.63) is 41.2 Å². The lowest BCUT2D eigenvalue weighted by Crippen LogP contribution is -2.02. The SMILES string of the molecule is COC(=O)c1c(C)cn2c(C)cccc12. The first-order chi connectivity index (χ1) is 7.15. The molecule has 2 heterocycles. The van der Waals surface area contributed by atoms with Crippen LogP contribution in [-0.2, 0) is 4.74 Å². The van der Waals surface area contributed by atoms with Crippen molar-refractivity contribution in [2.75, 3.05) is 7.11 Å². The van der Waals surface area contributed by atoms with Crippen molar-refractivity contribution in [3.63, 3.8) is 0 Å². The molecule has 0 radical (unpaired) electrons. The van der Waals surface area contributed by atoms with Gasteiger partial charge in [-0.05, 0) is 31.5 Å². The van der Waals surface area contributed by atoms with Crippen LogP contribution in [0.15, 0.2) is 24.4 Å². The summed E-state index contributed by atoms with van der Waals surface area (Å²) in [4.78, 5) is 11.6. The Kier molecular flexibility index (Phi) is 2.23. The molecule has 0 bridgehead atoms. The van der Waals surface area contributed by atoms with Gasteiger partial charge >= 0.3 is 5.97 Å². The highest BCUT2D eigenvalue weighted by Gasteiger charge is 2.15. The summed E-state index contributed by atoms with van der Waals surface area (Å²) in [6, 6.07) is 5.87. The quantitative estimate of drug-likeness (QED) is 0.666. The van der Waals surface area contributed by atoms with Gasteiger partial charge in [0.05, 0.1) is 18.2 Å². The largest absolute Gasteiger partial charge is 0.465 e. The number of carbonyl (C=O) groups excluding carboxylic acids is 1. The first kappa shape index (κ1) is 9.77. The first-order valence-corrected chi connectivity index (χ1v) is 4.80. The number of methoxy groups -OCH3 is 1. The minimum atomic E-state index is -0.277. The van der Waals surface area contributed by atoms with Gasteiger partial charge in [-0.2, -0.15) is 0 Å². The van der Waals surface area contributed by atoms with Crippen molar-refractivity contribution in [3.8, 4) is 0 Å². The Bertz CT molecular complexity index is 526. The van der Waals surface area contributed by atoms with Crippen molar-refractivity contribution in [2.24, 2.45) is 0 Å². The summed E-state index contributed by atoms with van der Waals surface area (Å²) >= 11 is 0. The van der Waals surface area contributed by atoms with Crippen molar-refractivity contribution in [1.29, 1.82) is 0 Å². The van der Waals surface area contributed by atoms with Crippen LogP contribution >= 0.6 is 0 Å². The molecule has 0 aliphatic carbocycles. The van der Waals surface area contributed by atoms with Crippen LogP contribution in [0, 0.1) is 13.8 Å². The summed E-state index contributed by atoms with van der Waals surface area (Å²) in [6.45, 7) is 3.92. The van der Waals surface area contributed by atoms with Crippen molar-refractivity contribution in [2.45, 2.75) is 13.8 Å². The number of ether oxygens (including phenoxy) is 1. The number of aromatic nitrogens is 1. The average molecular weight is 203 g/mol. The van der Waals surface area contributed by atoms with Crippen molar-refractivity contribution < 1.29 is 9.53 Å². The van der Waals surface area contributed by atoms with E-state index in [1.807, 2.05) is 42.6 Å². The van der Waals surface area contributed by atoms with E-state index in [9.17, 15) is 4.79 Å². The fourth-order valence-electron chi connectivity index (χ4n) is 1.83. The second kappa shape index (κ2) is 3.42. The van der Waals surface area contributed by atoms with E-state index in [1.165, 1.54) is 7.11 Å². The van der Waals surface area contributed by atoms with Gasteiger partial charge in [-0.15, -0.1) is 0 Å². The van der Waals surface area contributed by atoms with Gasteiger partial charge in [0.2, 0.25) is 0 Å². The Labute approximate surface area is 88.3 Å².